The summed E-state index contributed by atoms with van der Waals surface area (Å²) in [6, 6.07) is 5.99. The number of aryl methyl sites for hydroxylation is 1. The fourth-order valence-electron chi connectivity index (χ4n) is 0.710. The number of hydrogen-bond donors (Lipinski definition) is 2. The van der Waals surface area contributed by atoms with Gasteiger partial charge in [-0.05, 0) is 31.2 Å². The van der Waals surface area contributed by atoms with E-state index in [1.807, 2.05) is 6.92 Å². The van der Waals surface area contributed by atoms with Crippen LogP contribution in [0.2, 0.25) is 0 Å². The molecule has 1 N–H and O–H groups in total. The van der Waals surface area contributed by atoms with E-state index in [0.717, 1.165) is 11.3 Å². The minimum Gasteiger partial charge on any atom is -0.282 e. The quantitative estimate of drug-likeness (QED) is 0.625. The molecule has 0 atom stereocenters. The molecule has 0 saturated carbocycles. The molecule has 0 aliphatic rings. The molecule has 0 amide bonds. The molecule has 1 rings (SSSR count). The molecule has 0 bridgehead atoms. The van der Waals surface area contributed by atoms with E-state index in [4.69, 9.17) is 4.55 Å². The minimum absolute atomic E-state index is 0.0666. The second-order valence-corrected chi connectivity index (χ2v) is 4.88. The van der Waals surface area contributed by atoms with Crippen LogP contribution in [0.15, 0.2) is 29.2 Å². The Morgan fingerprint density at radius 3 is 1.93 bits per heavy atom. The summed E-state index contributed by atoms with van der Waals surface area (Å²) in [6.07, 6.45) is 1.18. The molecule has 1 aromatic rings. The predicted molar refractivity (Wildman–Crippen MR) is 65.1 cm³/mol. The summed E-state index contributed by atoms with van der Waals surface area (Å²) in [6.45, 7) is 3.95. The average Bonchev–Trinajstić information content (AvgIpc) is 2.17. The maximum absolute atomic E-state index is 10.5. The summed E-state index contributed by atoms with van der Waals surface area (Å²) in [7, 11) is -4.02. The second kappa shape index (κ2) is 6.87. The molecule has 0 unspecified atom stereocenters. The fraction of sp³-hybridized carbons (Fsp3) is 0.400. The lowest BCUT2D eigenvalue weighted by Crippen LogP contribution is -1.96. The van der Waals surface area contributed by atoms with Crippen LogP contribution in [-0.2, 0) is 10.1 Å². The van der Waals surface area contributed by atoms with E-state index in [1.54, 1.807) is 12.1 Å². The average molecular weight is 248 g/mol. The molecular weight excluding hydrogens is 232 g/mol. The largest absolute Gasteiger partial charge is 0.294 e. The Morgan fingerprint density at radius 2 is 1.67 bits per heavy atom. The van der Waals surface area contributed by atoms with Gasteiger partial charge in [-0.2, -0.15) is 21.0 Å². The van der Waals surface area contributed by atoms with Crippen LogP contribution >= 0.6 is 12.6 Å². The Labute approximate surface area is 96.7 Å². The summed E-state index contributed by atoms with van der Waals surface area (Å²) in [5.74, 6) is 1.01. The van der Waals surface area contributed by atoms with Crippen molar-refractivity contribution in [2.45, 2.75) is 25.2 Å². The fourth-order valence-corrected chi connectivity index (χ4v) is 1.19. The van der Waals surface area contributed by atoms with E-state index in [-0.39, 0.29) is 4.90 Å². The third-order valence-corrected chi connectivity index (χ3v) is 2.86. The normalized spacial score (nSPS) is 10.4. The van der Waals surface area contributed by atoms with Crippen molar-refractivity contribution in [1.29, 1.82) is 0 Å². The smallest absolute Gasteiger partial charge is 0.282 e. The zero-order chi connectivity index (χ0) is 11.9. The Balaban J connectivity index is 0.000000423. The van der Waals surface area contributed by atoms with Crippen LogP contribution in [0, 0.1) is 6.92 Å². The summed E-state index contributed by atoms with van der Waals surface area (Å²) in [5.41, 5.74) is 0.956. The van der Waals surface area contributed by atoms with Gasteiger partial charge in [-0.1, -0.05) is 24.6 Å². The first-order valence-electron chi connectivity index (χ1n) is 4.56. The molecule has 0 heterocycles. The van der Waals surface area contributed by atoms with Crippen LogP contribution in [0.25, 0.3) is 0 Å². The van der Waals surface area contributed by atoms with Crippen molar-refractivity contribution < 1.29 is 13.0 Å². The van der Waals surface area contributed by atoms with E-state index < -0.39 is 10.1 Å². The van der Waals surface area contributed by atoms with Crippen LogP contribution in [-0.4, -0.2) is 18.7 Å². The summed E-state index contributed by atoms with van der Waals surface area (Å²) in [5, 5.41) is 0. The minimum atomic E-state index is -4.02. The maximum atomic E-state index is 10.5. The highest BCUT2D eigenvalue weighted by atomic mass is 32.2. The summed E-state index contributed by atoms with van der Waals surface area (Å²) in [4.78, 5) is -0.0666. The molecule has 0 radical (unpaired) electrons. The lowest BCUT2D eigenvalue weighted by atomic mass is 10.2. The van der Waals surface area contributed by atoms with E-state index in [9.17, 15) is 8.42 Å². The molecular formula is C10H16O3S2. The third kappa shape index (κ3) is 6.54. The monoisotopic (exact) mass is 248 g/mol. The SMILES string of the molecule is CCCS.Cc1ccc(S(=O)(=O)O)cc1. The van der Waals surface area contributed by atoms with Gasteiger partial charge < -0.3 is 0 Å². The van der Waals surface area contributed by atoms with Crippen molar-refractivity contribution in [1.82, 2.24) is 0 Å². The van der Waals surface area contributed by atoms with Gasteiger partial charge in [0.15, 0.2) is 0 Å². The summed E-state index contributed by atoms with van der Waals surface area (Å²) >= 11 is 3.92. The Kier molecular flexibility index (Phi) is 6.63. The molecule has 0 aromatic heterocycles. The molecule has 0 fully saturated rings. The third-order valence-electron chi connectivity index (χ3n) is 1.54. The summed E-state index contributed by atoms with van der Waals surface area (Å²) < 4.78 is 29.6. The van der Waals surface area contributed by atoms with Gasteiger partial charge >= 0.3 is 0 Å². The number of hydrogen-bond acceptors (Lipinski definition) is 3. The predicted octanol–water partition coefficient (Wildman–Crippen LogP) is 2.57. The van der Waals surface area contributed by atoms with Crippen LogP contribution in [0.3, 0.4) is 0 Å². The van der Waals surface area contributed by atoms with Gasteiger partial charge in [0.2, 0.25) is 0 Å². The van der Waals surface area contributed by atoms with E-state index in [1.165, 1.54) is 18.6 Å². The molecule has 0 spiro atoms. The molecule has 5 heteroatoms. The number of benzene rings is 1. The van der Waals surface area contributed by atoms with Crippen molar-refractivity contribution >= 4 is 22.7 Å². The molecule has 0 aliphatic carbocycles. The van der Waals surface area contributed by atoms with Crippen LogP contribution in [0.1, 0.15) is 18.9 Å². The van der Waals surface area contributed by atoms with Crippen molar-refractivity contribution in [3.05, 3.63) is 29.8 Å². The highest BCUT2D eigenvalue weighted by molar-refractivity contribution is 7.85. The van der Waals surface area contributed by atoms with Gasteiger partial charge in [0.1, 0.15) is 0 Å². The van der Waals surface area contributed by atoms with Crippen LogP contribution < -0.4 is 0 Å². The maximum Gasteiger partial charge on any atom is 0.294 e. The van der Waals surface area contributed by atoms with Crippen molar-refractivity contribution in [3.8, 4) is 0 Å². The lowest BCUT2D eigenvalue weighted by Gasteiger charge is -1.95. The Bertz CT molecular complexity index is 366. The van der Waals surface area contributed by atoms with Crippen LogP contribution in [0.5, 0.6) is 0 Å². The first kappa shape index (κ1) is 14.5. The molecule has 1 aromatic carbocycles. The van der Waals surface area contributed by atoms with Gasteiger partial charge in [-0.15, -0.1) is 0 Å². The molecule has 0 saturated heterocycles. The zero-order valence-electron chi connectivity index (χ0n) is 8.84. The lowest BCUT2D eigenvalue weighted by molar-refractivity contribution is 0.483. The van der Waals surface area contributed by atoms with Crippen molar-refractivity contribution in [2.75, 3.05) is 5.75 Å². The van der Waals surface area contributed by atoms with Gasteiger partial charge in [0.05, 0.1) is 4.90 Å². The van der Waals surface area contributed by atoms with Crippen molar-refractivity contribution in [3.63, 3.8) is 0 Å². The van der Waals surface area contributed by atoms with E-state index in [2.05, 4.69) is 19.6 Å². The van der Waals surface area contributed by atoms with Gasteiger partial charge in [0.25, 0.3) is 10.1 Å². The molecule has 0 aliphatic heterocycles. The number of rotatable bonds is 2. The van der Waals surface area contributed by atoms with Gasteiger partial charge in [-0.3, -0.25) is 4.55 Å². The standard InChI is InChI=1S/C7H8O3S.C3H8S/c1-6-2-4-7(5-3-6)11(8,9)10;1-2-3-4/h2-5H,1H3,(H,8,9,10);4H,2-3H2,1H3. The molecule has 86 valence electrons. The van der Waals surface area contributed by atoms with E-state index in [0.29, 0.717) is 0 Å². The Hall–Kier alpha value is -0.520. The second-order valence-electron chi connectivity index (χ2n) is 3.01. The van der Waals surface area contributed by atoms with Gasteiger partial charge in [-0.25, -0.2) is 0 Å². The van der Waals surface area contributed by atoms with Crippen molar-refractivity contribution in [2.24, 2.45) is 0 Å². The highest BCUT2D eigenvalue weighted by Crippen LogP contribution is 2.08. The Morgan fingerprint density at radius 1 is 1.27 bits per heavy atom. The van der Waals surface area contributed by atoms with Gasteiger partial charge in [0, 0.05) is 0 Å². The van der Waals surface area contributed by atoms with Crippen LogP contribution in [0.4, 0.5) is 0 Å². The van der Waals surface area contributed by atoms with E-state index >= 15 is 0 Å². The first-order valence-corrected chi connectivity index (χ1v) is 6.64. The topological polar surface area (TPSA) is 54.4 Å². The highest BCUT2D eigenvalue weighted by Gasteiger charge is 2.06. The molecule has 15 heavy (non-hydrogen) atoms. The number of thiol groups is 1. The zero-order valence-corrected chi connectivity index (χ0v) is 10.6. The molecule has 3 nitrogen and oxygen atoms in total. The first-order chi connectivity index (χ1) is 6.91.